The molecule has 10 rings (SSSR count). The Morgan fingerprint density at radius 1 is 0.468 bits per heavy atom. The molecular formula is C44H29N3. The van der Waals surface area contributed by atoms with Gasteiger partial charge in [0.2, 0.25) is 0 Å². The molecule has 7 aromatic carbocycles. The molecule has 3 nitrogen and oxygen atoms in total. The number of imidazole rings is 1. The van der Waals surface area contributed by atoms with Gasteiger partial charge in [-0.3, -0.25) is 4.57 Å². The third-order valence-electron chi connectivity index (χ3n) is 9.97. The zero-order valence-corrected chi connectivity index (χ0v) is 25.6. The quantitative estimate of drug-likeness (QED) is 0.201. The normalized spacial score (nSPS) is 13.3. The van der Waals surface area contributed by atoms with Crippen LogP contribution in [0.2, 0.25) is 0 Å². The summed E-state index contributed by atoms with van der Waals surface area (Å²) in [5.41, 5.74) is 14.8. The summed E-state index contributed by atoms with van der Waals surface area (Å²) in [5, 5.41) is 0. The molecule has 2 heterocycles. The van der Waals surface area contributed by atoms with Gasteiger partial charge in [-0.2, -0.15) is 0 Å². The van der Waals surface area contributed by atoms with Crippen LogP contribution in [0.4, 0.5) is 17.1 Å². The van der Waals surface area contributed by atoms with Crippen molar-refractivity contribution in [3.05, 3.63) is 198 Å². The fourth-order valence-electron chi connectivity index (χ4n) is 8.10. The Labute approximate surface area is 273 Å². The molecule has 0 saturated carbocycles. The number of hydrogen-bond donors (Lipinski definition) is 0. The summed E-state index contributed by atoms with van der Waals surface area (Å²) in [6.07, 6.45) is 0. The molecule has 0 atom stereocenters. The van der Waals surface area contributed by atoms with Gasteiger partial charge in [-0.15, -0.1) is 0 Å². The fourth-order valence-corrected chi connectivity index (χ4v) is 8.10. The van der Waals surface area contributed by atoms with E-state index in [0.717, 1.165) is 33.9 Å². The number of benzene rings is 7. The number of fused-ring (bicyclic) bond motifs is 12. The van der Waals surface area contributed by atoms with Crippen molar-refractivity contribution in [1.29, 1.82) is 0 Å². The topological polar surface area (TPSA) is 21.1 Å². The van der Waals surface area contributed by atoms with Gasteiger partial charge in [0.1, 0.15) is 11.2 Å². The molecule has 0 fully saturated rings. The van der Waals surface area contributed by atoms with E-state index in [0.29, 0.717) is 0 Å². The second-order valence-corrected chi connectivity index (χ2v) is 12.4. The second-order valence-electron chi connectivity index (χ2n) is 12.4. The van der Waals surface area contributed by atoms with Crippen molar-refractivity contribution >= 4 is 28.1 Å². The van der Waals surface area contributed by atoms with Gasteiger partial charge in [0.25, 0.3) is 0 Å². The minimum Gasteiger partial charge on any atom is -0.310 e. The summed E-state index contributed by atoms with van der Waals surface area (Å²) in [5.74, 6) is 1.05. The number of nitrogens with zero attached hydrogens (tertiary/aromatic N) is 3. The average Bonchev–Trinajstić information content (AvgIpc) is 3.77. The summed E-state index contributed by atoms with van der Waals surface area (Å²) in [4.78, 5) is 7.90. The van der Waals surface area contributed by atoms with Crippen LogP contribution < -0.4 is 4.90 Å². The standard InChI is InChI=1S/C44H29N3/c1-3-14-30(15-4-1)31-26-28-33(29-27-31)46(32-16-5-2-6-17-32)40-24-13-25-41-42(40)44(43-45-38-22-11-12-23-39(38)47(41)43)36-20-9-7-18-34(36)35-19-8-10-21-37(35)44/h1-29H. The third-order valence-corrected chi connectivity index (χ3v) is 9.97. The molecule has 1 aromatic heterocycles. The fraction of sp³-hybridized carbons (Fsp3) is 0.0227. The maximum absolute atomic E-state index is 5.48. The smallest absolute Gasteiger partial charge is 0.134 e. The first-order chi connectivity index (χ1) is 23.3. The molecule has 1 aliphatic heterocycles. The minimum absolute atomic E-state index is 0.602. The lowest BCUT2D eigenvalue weighted by atomic mass is 9.72. The summed E-state index contributed by atoms with van der Waals surface area (Å²) in [7, 11) is 0. The monoisotopic (exact) mass is 599 g/mol. The van der Waals surface area contributed by atoms with Crippen LogP contribution in [-0.4, -0.2) is 9.55 Å². The van der Waals surface area contributed by atoms with Gasteiger partial charge < -0.3 is 4.90 Å². The molecule has 8 aromatic rings. The van der Waals surface area contributed by atoms with E-state index >= 15 is 0 Å². The Kier molecular flexibility index (Phi) is 5.49. The predicted octanol–water partition coefficient (Wildman–Crippen LogP) is 10.8. The number of aromatic nitrogens is 2. The highest BCUT2D eigenvalue weighted by Gasteiger charge is 2.55. The van der Waals surface area contributed by atoms with Crippen molar-refractivity contribution in [2.75, 3.05) is 4.90 Å². The second kappa shape index (κ2) is 9.90. The van der Waals surface area contributed by atoms with Crippen molar-refractivity contribution in [2.24, 2.45) is 0 Å². The van der Waals surface area contributed by atoms with Gasteiger partial charge in [0, 0.05) is 16.9 Å². The lowest BCUT2D eigenvalue weighted by Crippen LogP contribution is -2.29. The van der Waals surface area contributed by atoms with Gasteiger partial charge in [0.05, 0.1) is 22.4 Å². The molecule has 0 unspecified atom stereocenters. The van der Waals surface area contributed by atoms with Crippen molar-refractivity contribution in [1.82, 2.24) is 9.55 Å². The highest BCUT2D eigenvalue weighted by Crippen LogP contribution is 2.63. The third kappa shape index (κ3) is 3.54. The van der Waals surface area contributed by atoms with Gasteiger partial charge in [-0.05, 0) is 81.9 Å². The largest absolute Gasteiger partial charge is 0.310 e. The van der Waals surface area contributed by atoms with Crippen molar-refractivity contribution in [3.8, 4) is 27.9 Å². The molecule has 220 valence electrons. The zero-order chi connectivity index (χ0) is 31.0. The van der Waals surface area contributed by atoms with E-state index in [-0.39, 0.29) is 0 Å². The Morgan fingerprint density at radius 3 is 1.77 bits per heavy atom. The molecule has 47 heavy (non-hydrogen) atoms. The lowest BCUT2D eigenvalue weighted by molar-refractivity contribution is 0.738. The molecule has 0 N–H and O–H groups in total. The van der Waals surface area contributed by atoms with Gasteiger partial charge >= 0.3 is 0 Å². The maximum Gasteiger partial charge on any atom is 0.134 e. The zero-order valence-electron chi connectivity index (χ0n) is 25.6. The Morgan fingerprint density at radius 2 is 1.04 bits per heavy atom. The van der Waals surface area contributed by atoms with E-state index < -0.39 is 5.41 Å². The first-order valence-electron chi connectivity index (χ1n) is 16.2. The summed E-state index contributed by atoms with van der Waals surface area (Å²) in [6.45, 7) is 0. The molecule has 3 heteroatoms. The number of anilines is 3. The number of para-hydroxylation sites is 3. The van der Waals surface area contributed by atoms with Crippen molar-refractivity contribution < 1.29 is 0 Å². The predicted molar refractivity (Wildman–Crippen MR) is 192 cm³/mol. The van der Waals surface area contributed by atoms with Crippen molar-refractivity contribution in [3.63, 3.8) is 0 Å². The Hall–Kier alpha value is -6.19. The highest BCUT2D eigenvalue weighted by molar-refractivity contribution is 5.95. The summed E-state index contributed by atoms with van der Waals surface area (Å²) < 4.78 is 2.41. The van der Waals surface area contributed by atoms with E-state index in [1.54, 1.807) is 0 Å². The van der Waals surface area contributed by atoms with Gasteiger partial charge in [-0.1, -0.05) is 127 Å². The molecule has 0 radical (unpaired) electrons. The van der Waals surface area contributed by atoms with Crippen molar-refractivity contribution in [2.45, 2.75) is 5.41 Å². The van der Waals surface area contributed by atoms with Crippen LogP contribution in [0.5, 0.6) is 0 Å². The van der Waals surface area contributed by atoms with Crippen LogP contribution in [0.25, 0.3) is 39.0 Å². The van der Waals surface area contributed by atoms with Crippen LogP contribution in [-0.2, 0) is 5.41 Å². The SMILES string of the molecule is c1ccc(-c2ccc(N(c3ccccc3)c3cccc4c3C3(c5ccccc5-c5ccccc53)c3nc5ccccc5n3-4)cc2)cc1. The van der Waals surface area contributed by atoms with E-state index in [1.165, 1.54) is 44.6 Å². The molecule has 1 spiro atoms. The first kappa shape index (κ1) is 26.1. The Balaban J connectivity index is 1.31. The molecule has 0 saturated heterocycles. The summed E-state index contributed by atoms with van der Waals surface area (Å²) in [6, 6.07) is 63.4. The first-order valence-corrected chi connectivity index (χ1v) is 16.2. The minimum atomic E-state index is -0.602. The van der Waals surface area contributed by atoms with Gasteiger partial charge in [0.15, 0.2) is 0 Å². The molecule has 0 amide bonds. The van der Waals surface area contributed by atoms with Crippen LogP contribution >= 0.6 is 0 Å². The van der Waals surface area contributed by atoms with Gasteiger partial charge in [-0.25, -0.2) is 4.98 Å². The highest BCUT2D eigenvalue weighted by atomic mass is 15.2. The van der Waals surface area contributed by atoms with E-state index in [4.69, 9.17) is 4.98 Å². The lowest BCUT2D eigenvalue weighted by Gasteiger charge is -2.34. The maximum atomic E-state index is 5.48. The Bertz CT molecular complexity index is 2410. The van der Waals surface area contributed by atoms with E-state index in [1.807, 2.05) is 0 Å². The van der Waals surface area contributed by atoms with Crippen LogP contribution in [0.15, 0.2) is 176 Å². The van der Waals surface area contributed by atoms with E-state index in [9.17, 15) is 0 Å². The number of rotatable bonds is 4. The number of hydrogen-bond acceptors (Lipinski definition) is 2. The van der Waals surface area contributed by atoms with E-state index in [2.05, 4.69) is 185 Å². The van der Waals surface area contributed by atoms with Crippen LogP contribution in [0, 0.1) is 0 Å². The summed E-state index contributed by atoms with van der Waals surface area (Å²) >= 11 is 0. The average molecular weight is 600 g/mol. The molecule has 1 aliphatic carbocycles. The molecule has 0 bridgehead atoms. The van der Waals surface area contributed by atoms with Crippen LogP contribution in [0.1, 0.15) is 22.5 Å². The molecular weight excluding hydrogens is 571 g/mol. The van der Waals surface area contributed by atoms with Crippen LogP contribution in [0.3, 0.4) is 0 Å². The molecule has 2 aliphatic rings.